The van der Waals surface area contributed by atoms with E-state index in [1.165, 1.54) is 20.7 Å². The second-order valence-corrected chi connectivity index (χ2v) is 7.60. The van der Waals surface area contributed by atoms with E-state index < -0.39 is 0 Å². The molecular weight excluding hydrogens is 268 g/mol. The van der Waals surface area contributed by atoms with Crippen molar-refractivity contribution in [3.05, 3.63) is 21.7 Å². The van der Waals surface area contributed by atoms with Crippen molar-refractivity contribution in [2.75, 3.05) is 0 Å². The van der Waals surface area contributed by atoms with Crippen molar-refractivity contribution >= 4 is 45.7 Å². The van der Waals surface area contributed by atoms with Gasteiger partial charge in [-0.25, -0.2) is 0 Å². The summed E-state index contributed by atoms with van der Waals surface area (Å²) in [5, 5.41) is 0. The van der Waals surface area contributed by atoms with E-state index in [9.17, 15) is 0 Å². The topological polar surface area (TPSA) is 27.8 Å². The summed E-state index contributed by atoms with van der Waals surface area (Å²) in [7, 11) is 0. The number of nitrogens with one attached hydrogen (secondary N) is 2. The molecule has 2 N–H and O–H groups in total. The van der Waals surface area contributed by atoms with Crippen LogP contribution in [0.25, 0.3) is 10.2 Å². The third-order valence-electron chi connectivity index (χ3n) is 2.27. The fraction of sp³-hybridized carbons (Fsp3) is 0.417. The fourth-order valence-corrected chi connectivity index (χ4v) is 3.43. The minimum absolute atomic E-state index is 0.105. The van der Waals surface area contributed by atoms with Crippen molar-refractivity contribution < 1.29 is 0 Å². The maximum atomic E-state index is 5.18. The Kier molecular flexibility index (Phi) is 3.63. The molecule has 1 heterocycles. The predicted molar refractivity (Wildman–Crippen MR) is 80.5 cm³/mol. The SMILES string of the molecule is Cc1c(SNC(C)(C)C)ccc2sc(=S)[nH]c12. The Morgan fingerprint density at radius 1 is 1.35 bits per heavy atom. The van der Waals surface area contributed by atoms with Crippen molar-refractivity contribution in [3.8, 4) is 0 Å². The highest BCUT2D eigenvalue weighted by Crippen LogP contribution is 2.30. The van der Waals surface area contributed by atoms with E-state index >= 15 is 0 Å². The lowest BCUT2D eigenvalue weighted by Gasteiger charge is -2.20. The quantitative estimate of drug-likeness (QED) is 0.620. The van der Waals surface area contributed by atoms with Gasteiger partial charge in [0, 0.05) is 10.4 Å². The number of rotatable bonds is 2. The van der Waals surface area contributed by atoms with Gasteiger partial charge in [-0.05, 0) is 69.6 Å². The number of benzene rings is 1. The molecule has 5 heteroatoms. The Labute approximate surface area is 115 Å². The third kappa shape index (κ3) is 3.10. The van der Waals surface area contributed by atoms with Crippen LogP contribution in [0.4, 0.5) is 0 Å². The van der Waals surface area contributed by atoms with Crippen LogP contribution in [0.2, 0.25) is 0 Å². The largest absolute Gasteiger partial charge is 0.337 e. The molecule has 0 aliphatic rings. The van der Waals surface area contributed by atoms with E-state index in [1.54, 1.807) is 23.3 Å². The summed E-state index contributed by atoms with van der Waals surface area (Å²) < 4.78 is 5.50. The zero-order valence-electron chi connectivity index (χ0n) is 10.4. The zero-order valence-corrected chi connectivity index (χ0v) is 12.8. The van der Waals surface area contributed by atoms with Gasteiger partial charge in [0.25, 0.3) is 0 Å². The van der Waals surface area contributed by atoms with Crippen LogP contribution in [0.1, 0.15) is 26.3 Å². The Bertz CT molecular complexity index is 590. The molecule has 92 valence electrons. The summed E-state index contributed by atoms with van der Waals surface area (Å²) in [5.41, 5.74) is 2.53. The molecule has 0 spiro atoms. The summed E-state index contributed by atoms with van der Waals surface area (Å²) in [6.45, 7) is 8.61. The van der Waals surface area contributed by atoms with Crippen molar-refractivity contribution in [3.63, 3.8) is 0 Å². The summed E-state index contributed by atoms with van der Waals surface area (Å²) in [5.74, 6) is 0. The second-order valence-electron chi connectivity index (χ2n) is 5.03. The van der Waals surface area contributed by atoms with Gasteiger partial charge in [-0.2, -0.15) is 0 Å². The maximum Gasteiger partial charge on any atom is 0.159 e. The van der Waals surface area contributed by atoms with Gasteiger partial charge in [0.1, 0.15) is 0 Å². The van der Waals surface area contributed by atoms with Crippen molar-refractivity contribution in [2.24, 2.45) is 0 Å². The summed E-state index contributed by atoms with van der Waals surface area (Å²) in [4.78, 5) is 4.50. The van der Waals surface area contributed by atoms with Gasteiger partial charge in [0.15, 0.2) is 3.95 Å². The lowest BCUT2D eigenvalue weighted by molar-refractivity contribution is 0.535. The molecule has 1 aromatic heterocycles. The molecule has 0 fully saturated rings. The van der Waals surface area contributed by atoms with Crippen LogP contribution in [0, 0.1) is 10.9 Å². The smallest absolute Gasteiger partial charge is 0.159 e. The molecular formula is C12H16N2S3. The molecule has 2 nitrogen and oxygen atoms in total. The molecule has 1 aromatic carbocycles. The summed E-state index contributed by atoms with van der Waals surface area (Å²) >= 11 is 8.49. The monoisotopic (exact) mass is 284 g/mol. The van der Waals surface area contributed by atoms with Gasteiger partial charge >= 0.3 is 0 Å². The van der Waals surface area contributed by atoms with E-state index in [0.29, 0.717) is 0 Å². The molecule has 17 heavy (non-hydrogen) atoms. The molecule has 0 amide bonds. The second kappa shape index (κ2) is 4.72. The highest BCUT2D eigenvalue weighted by atomic mass is 32.2. The molecule has 0 aliphatic heterocycles. The van der Waals surface area contributed by atoms with Crippen LogP contribution in [0.3, 0.4) is 0 Å². The van der Waals surface area contributed by atoms with Crippen LogP contribution >= 0.6 is 35.5 Å². The molecule has 0 saturated carbocycles. The number of thiazole rings is 1. The number of aryl methyl sites for hydroxylation is 1. The first-order valence-electron chi connectivity index (χ1n) is 5.43. The van der Waals surface area contributed by atoms with E-state index in [1.807, 2.05) is 0 Å². The molecule has 2 aromatic rings. The maximum absolute atomic E-state index is 5.18. The van der Waals surface area contributed by atoms with Gasteiger partial charge in [-0.15, -0.1) is 11.3 Å². The normalized spacial score (nSPS) is 12.2. The molecule has 0 atom stereocenters. The standard InChI is InChI=1S/C12H16N2S3/c1-7-8(17-14-12(2,3)4)5-6-9-10(7)13-11(15)16-9/h5-6,14H,1-4H3,(H,13,15). The number of hydrogen-bond donors (Lipinski definition) is 2. The highest BCUT2D eigenvalue weighted by molar-refractivity contribution is 7.97. The molecule has 2 rings (SSSR count). The molecule has 0 aliphatic carbocycles. The average molecular weight is 284 g/mol. The number of aromatic amines is 1. The van der Waals surface area contributed by atoms with E-state index in [4.69, 9.17) is 12.2 Å². The minimum atomic E-state index is 0.105. The van der Waals surface area contributed by atoms with Crippen LogP contribution in [0.15, 0.2) is 17.0 Å². The summed E-state index contributed by atoms with van der Waals surface area (Å²) in [6.07, 6.45) is 0. The Hall–Kier alpha value is -0.360. The van der Waals surface area contributed by atoms with E-state index in [2.05, 4.69) is 49.5 Å². The van der Waals surface area contributed by atoms with Crippen molar-refractivity contribution in [1.82, 2.24) is 9.71 Å². The van der Waals surface area contributed by atoms with Crippen molar-refractivity contribution in [2.45, 2.75) is 38.1 Å². The first kappa shape index (κ1) is 13.1. The summed E-state index contributed by atoms with van der Waals surface area (Å²) in [6, 6.07) is 4.28. The van der Waals surface area contributed by atoms with Gasteiger partial charge in [0.05, 0.1) is 10.2 Å². The highest BCUT2D eigenvalue weighted by Gasteiger charge is 2.12. The van der Waals surface area contributed by atoms with Gasteiger partial charge < -0.3 is 4.98 Å². The fourth-order valence-electron chi connectivity index (χ4n) is 1.45. The lowest BCUT2D eigenvalue weighted by Crippen LogP contribution is -2.29. The number of aromatic nitrogens is 1. The van der Waals surface area contributed by atoms with Gasteiger partial charge in [-0.1, -0.05) is 0 Å². The molecule has 0 saturated heterocycles. The van der Waals surface area contributed by atoms with Gasteiger partial charge in [0.2, 0.25) is 0 Å². The Balaban J connectivity index is 2.35. The van der Waals surface area contributed by atoms with E-state index in [-0.39, 0.29) is 5.54 Å². The molecule has 0 bridgehead atoms. The molecule has 0 unspecified atom stereocenters. The van der Waals surface area contributed by atoms with Gasteiger partial charge in [-0.3, -0.25) is 4.72 Å². The first-order valence-corrected chi connectivity index (χ1v) is 7.47. The number of fused-ring (bicyclic) bond motifs is 1. The third-order valence-corrected chi connectivity index (χ3v) is 4.85. The molecule has 0 radical (unpaired) electrons. The van der Waals surface area contributed by atoms with Crippen LogP contribution in [-0.2, 0) is 0 Å². The zero-order chi connectivity index (χ0) is 12.6. The minimum Gasteiger partial charge on any atom is -0.337 e. The Morgan fingerprint density at radius 2 is 2.06 bits per heavy atom. The van der Waals surface area contributed by atoms with Crippen LogP contribution < -0.4 is 4.72 Å². The average Bonchev–Trinajstić information content (AvgIpc) is 2.57. The number of hydrogen-bond acceptors (Lipinski definition) is 4. The van der Waals surface area contributed by atoms with Crippen molar-refractivity contribution in [1.29, 1.82) is 0 Å². The van der Waals surface area contributed by atoms with E-state index in [0.717, 1.165) is 3.95 Å². The lowest BCUT2D eigenvalue weighted by atomic mass is 10.1. The first-order chi connectivity index (χ1) is 7.87. The predicted octanol–water partition coefficient (Wildman–Crippen LogP) is 4.66. The van der Waals surface area contributed by atoms with Crippen LogP contribution in [-0.4, -0.2) is 10.5 Å². The van der Waals surface area contributed by atoms with Crippen LogP contribution in [0.5, 0.6) is 0 Å². The number of H-pyrrole nitrogens is 1. The Morgan fingerprint density at radius 3 is 2.71 bits per heavy atom.